The third-order valence-electron chi connectivity index (χ3n) is 18.0. The topological polar surface area (TPSA) is 223 Å². The molecule has 17 heteroatoms. The summed E-state index contributed by atoms with van der Waals surface area (Å²) in [6.45, 7) is 0. The average Bonchev–Trinajstić information content (AvgIpc) is 2.52. The fourth-order valence-corrected chi connectivity index (χ4v) is 13.4. The van der Waals surface area contributed by atoms with Crippen LogP contribution in [-0.4, -0.2) is 56.1 Å². The van der Waals surface area contributed by atoms with Gasteiger partial charge in [0.05, 0.1) is 7.11 Å². The number of benzene rings is 5. The zero-order chi connectivity index (χ0) is 61.7. The van der Waals surface area contributed by atoms with Crippen LogP contribution in [0.25, 0.3) is 0 Å². The number of nitrogens with one attached hydrogen (secondary N) is 6. The Hall–Kier alpha value is -9.25. The molecule has 4 heterocycles. The lowest BCUT2D eigenvalue weighted by molar-refractivity contribution is 0.388. The number of hydrogen-bond donors (Lipinski definition) is 6. The number of nitrogens with zero attached hydrogens (tertiary/aromatic N) is 2. The van der Waals surface area contributed by atoms with Gasteiger partial charge in [0.2, 0.25) is 0 Å². The molecule has 456 valence electrons. The fraction of sp³-hybridized carbons (Fsp3) is 0.338. The van der Waals surface area contributed by atoms with Crippen LogP contribution in [0.4, 0.5) is 14.6 Å². The van der Waals surface area contributed by atoms with Crippen molar-refractivity contribution in [3.63, 3.8) is 0 Å². The molecular weight excluding hydrogens is 1110 g/mol. The quantitative estimate of drug-likeness (QED) is 0.0608. The Morgan fingerprint density at radius 1 is 0.420 bits per heavy atom. The van der Waals surface area contributed by atoms with Crippen molar-refractivity contribution in [3.05, 3.63) is 293 Å². The van der Waals surface area contributed by atoms with Gasteiger partial charge in [-0.25, -0.2) is 28.1 Å². The number of hydrogen-bond acceptors (Lipinski definition) is 9. The summed E-state index contributed by atoms with van der Waals surface area (Å²) >= 11 is 0. The van der Waals surface area contributed by atoms with Crippen molar-refractivity contribution >= 4 is 5.82 Å². The van der Waals surface area contributed by atoms with E-state index in [1.165, 1.54) is 22.8 Å². The van der Waals surface area contributed by atoms with Gasteiger partial charge in [0.1, 0.15) is 11.6 Å². The van der Waals surface area contributed by atoms with Gasteiger partial charge in [-0.15, -0.1) is 0 Å². The van der Waals surface area contributed by atoms with E-state index in [0.29, 0.717) is 58.5 Å². The van der Waals surface area contributed by atoms with E-state index in [1.807, 2.05) is 91.8 Å². The molecule has 3 aliphatic carbocycles. The van der Waals surface area contributed by atoms with Crippen LogP contribution in [0.2, 0.25) is 0 Å². The average molecular weight is 1190 g/mol. The van der Waals surface area contributed by atoms with Crippen LogP contribution in [-0.2, 0) is 19.3 Å². The Labute approximate surface area is 508 Å². The first-order valence-corrected chi connectivity index (χ1v) is 30.6. The number of pyridine rings is 1. The smallest absolute Gasteiger partial charge is 0.325 e. The van der Waals surface area contributed by atoms with E-state index < -0.39 is 34.3 Å². The van der Waals surface area contributed by atoms with Crippen LogP contribution in [0, 0.1) is 11.6 Å². The van der Waals surface area contributed by atoms with Gasteiger partial charge >= 0.3 is 17.1 Å². The van der Waals surface area contributed by atoms with Crippen molar-refractivity contribution < 1.29 is 13.5 Å². The molecule has 0 bridgehead atoms. The molecule has 3 saturated carbocycles. The Balaban J connectivity index is 0.000000146. The van der Waals surface area contributed by atoms with Crippen LogP contribution >= 0.6 is 0 Å². The third kappa shape index (κ3) is 15.5. The van der Waals surface area contributed by atoms with E-state index in [1.54, 1.807) is 7.11 Å². The second-order valence-electron chi connectivity index (χ2n) is 23.8. The maximum absolute atomic E-state index is 13.6. The molecule has 15 nitrogen and oxygen atoms in total. The van der Waals surface area contributed by atoms with Gasteiger partial charge in [-0.05, 0) is 171 Å². The summed E-state index contributed by atoms with van der Waals surface area (Å²) < 4.78 is 32.3. The molecule has 0 unspecified atom stereocenters. The van der Waals surface area contributed by atoms with Gasteiger partial charge in [0, 0.05) is 72.8 Å². The monoisotopic (exact) mass is 1190 g/mol. The zero-order valence-corrected chi connectivity index (χ0v) is 50.0. The van der Waals surface area contributed by atoms with Gasteiger partial charge in [-0.3, -0.25) is 29.3 Å². The SMILES string of the molecule is CN(C)c1cccc(Cc2c(C3CCC(c4ccccc4)CC3)[nH]c(=O)[nH]c2=O)n1.COc1ccccc1Cc1c(C2CCC(c3ccccc3)CC2)[nH]c(=O)[nH]c1=O.O=c1[nH]c(C2CCC(c3ccccc3)CC2)c(Cc2ccc(F)c(F)c2)c(=O)[nH]1. The van der Waals surface area contributed by atoms with Crippen LogP contribution < -0.4 is 43.4 Å². The summed E-state index contributed by atoms with van der Waals surface area (Å²) in [7, 11) is 5.51. The summed E-state index contributed by atoms with van der Waals surface area (Å²) in [5.74, 6) is 1.70. The van der Waals surface area contributed by atoms with Crippen molar-refractivity contribution in [1.29, 1.82) is 0 Å². The summed E-state index contributed by atoms with van der Waals surface area (Å²) in [5.41, 5.74) is 7.69. The molecule has 0 amide bonds. The first kappa shape index (κ1) is 61.8. The fourth-order valence-electron chi connectivity index (χ4n) is 13.4. The highest BCUT2D eigenvalue weighted by Gasteiger charge is 2.30. The van der Waals surface area contributed by atoms with Gasteiger partial charge in [-0.1, -0.05) is 121 Å². The lowest BCUT2D eigenvalue weighted by Crippen LogP contribution is -2.30. The zero-order valence-electron chi connectivity index (χ0n) is 50.0. The maximum Gasteiger partial charge on any atom is 0.325 e. The van der Waals surface area contributed by atoms with Crippen LogP contribution in [0.5, 0.6) is 5.75 Å². The Morgan fingerprint density at radius 3 is 1.22 bits per heavy atom. The van der Waals surface area contributed by atoms with Crippen LogP contribution in [0.1, 0.15) is 180 Å². The van der Waals surface area contributed by atoms with Gasteiger partial charge in [0.25, 0.3) is 16.7 Å². The maximum atomic E-state index is 13.6. The van der Waals surface area contributed by atoms with Crippen LogP contribution in [0.3, 0.4) is 0 Å². The molecule has 4 aromatic heterocycles. The lowest BCUT2D eigenvalue weighted by atomic mass is 9.76. The Kier molecular flexibility index (Phi) is 20.3. The molecule has 9 aromatic rings. The number of aromatic nitrogens is 7. The first-order chi connectivity index (χ1) is 42.7. The van der Waals surface area contributed by atoms with Gasteiger partial charge in [0.15, 0.2) is 11.6 Å². The molecule has 0 spiro atoms. The standard InChI is InChI=1S/C24H28N4O2.C24H26N2O3.C23H22F2N2O2/c1-28(2)21-10-6-9-19(25-21)15-20-22(26-24(30)27-23(20)29)18-13-11-17(12-14-18)16-7-4-3-5-8-16;1-29-21-10-6-5-9-19(21)15-20-22(25-24(28)26-23(20)27)18-13-11-17(12-14-18)16-7-3-2-4-8-16;24-19-11-6-14(13-20(19)25)12-18-21(26-23(29)27-22(18)28)17-9-7-16(8-10-17)15-4-2-1-3-5-15/h3-10,17-18H,11-15H2,1-2H3,(H2,26,27,29,30);2-10,17-18H,11-15H2,1H3,(H2,25,26,27,28);1-6,11,13,16-17H,7-10,12H2,(H2,26,27,28,29). The normalized spacial score (nSPS) is 19.1. The summed E-state index contributed by atoms with van der Waals surface area (Å²) in [6.07, 6.45) is 12.6. The molecule has 12 rings (SSSR count). The van der Waals surface area contributed by atoms with Crippen molar-refractivity contribution in [3.8, 4) is 5.75 Å². The van der Waals surface area contributed by atoms with Gasteiger partial charge in [-0.2, -0.15) is 0 Å². The third-order valence-corrected chi connectivity index (χ3v) is 18.0. The second kappa shape index (κ2) is 29.0. The van der Waals surface area contributed by atoms with Crippen molar-refractivity contribution in [2.24, 2.45) is 0 Å². The number of aromatic amines is 6. The second-order valence-corrected chi connectivity index (χ2v) is 23.8. The largest absolute Gasteiger partial charge is 0.496 e. The lowest BCUT2D eigenvalue weighted by Gasteiger charge is -2.29. The number of methoxy groups -OCH3 is 1. The van der Waals surface area contributed by atoms with Crippen molar-refractivity contribution in [1.82, 2.24) is 34.9 Å². The Morgan fingerprint density at radius 2 is 0.807 bits per heavy atom. The predicted molar refractivity (Wildman–Crippen MR) is 341 cm³/mol. The van der Waals surface area contributed by atoms with Crippen molar-refractivity contribution in [2.45, 2.75) is 132 Å². The molecule has 6 N–H and O–H groups in total. The number of H-pyrrole nitrogens is 6. The van der Waals surface area contributed by atoms with E-state index in [2.05, 4.69) is 95.6 Å². The number of anilines is 1. The van der Waals surface area contributed by atoms with Gasteiger partial charge < -0.3 is 24.6 Å². The minimum Gasteiger partial charge on any atom is -0.496 e. The highest BCUT2D eigenvalue weighted by molar-refractivity contribution is 5.41. The number of rotatable bonds is 14. The van der Waals surface area contributed by atoms with Crippen molar-refractivity contribution in [2.75, 3.05) is 26.1 Å². The minimum absolute atomic E-state index is 0.0604. The van der Waals surface area contributed by atoms with E-state index in [0.717, 1.165) is 123 Å². The van der Waals surface area contributed by atoms with E-state index in [4.69, 9.17) is 4.74 Å². The first-order valence-electron chi connectivity index (χ1n) is 30.6. The molecule has 88 heavy (non-hydrogen) atoms. The van der Waals surface area contributed by atoms with E-state index in [9.17, 15) is 37.5 Å². The molecule has 0 saturated heterocycles. The summed E-state index contributed by atoms with van der Waals surface area (Å²) in [4.78, 5) is 96.3. The number of ether oxygens (including phenoxy) is 1. The molecule has 0 radical (unpaired) electrons. The number of para-hydroxylation sites is 1. The molecule has 0 atom stereocenters. The van der Waals surface area contributed by atoms with E-state index >= 15 is 0 Å². The molecule has 3 aliphatic rings. The Bertz CT molecular complexity index is 4160. The predicted octanol–water partition coefficient (Wildman–Crippen LogP) is 12.0. The summed E-state index contributed by atoms with van der Waals surface area (Å²) in [5, 5.41) is 0. The molecule has 5 aromatic carbocycles. The molecule has 3 fully saturated rings. The molecular formula is C71H76F2N8O7. The minimum atomic E-state index is -0.951. The highest BCUT2D eigenvalue weighted by atomic mass is 19.2. The highest BCUT2D eigenvalue weighted by Crippen LogP contribution is 2.43. The molecule has 0 aliphatic heterocycles. The summed E-state index contributed by atoms with van der Waals surface area (Å²) in [6, 6.07) is 48.6. The van der Waals surface area contributed by atoms with E-state index in [-0.39, 0.29) is 35.3 Å². The number of halogens is 2. The van der Waals surface area contributed by atoms with Crippen LogP contribution in [0.15, 0.2) is 180 Å².